The minimum atomic E-state index is -0.0568. The molecule has 0 spiro atoms. The van der Waals surface area contributed by atoms with E-state index in [1.807, 2.05) is 36.7 Å². The van der Waals surface area contributed by atoms with Crippen molar-refractivity contribution in [3.05, 3.63) is 60.4 Å². The Labute approximate surface area is 187 Å². The molecule has 3 aromatic rings. The van der Waals surface area contributed by atoms with Gasteiger partial charge in [-0.15, -0.1) is 0 Å². The van der Waals surface area contributed by atoms with Gasteiger partial charge in [0.2, 0.25) is 5.95 Å². The Bertz CT molecular complexity index is 1040. The van der Waals surface area contributed by atoms with E-state index in [-0.39, 0.29) is 5.91 Å². The Kier molecular flexibility index (Phi) is 6.11. The number of carbonyl (C=O) groups excluding carboxylic acids is 1. The molecule has 3 aromatic heterocycles. The Morgan fingerprint density at radius 2 is 1.91 bits per heavy atom. The van der Waals surface area contributed by atoms with Crippen molar-refractivity contribution < 1.29 is 9.53 Å². The zero-order chi connectivity index (χ0) is 21.8. The quantitative estimate of drug-likeness (QED) is 0.589. The van der Waals surface area contributed by atoms with Gasteiger partial charge in [-0.2, -0.15) is 0 Å². The summed E-state index contributed by atoms with van der Waals surface area (Å²) in [5.41, 5.74) is 3.54. The van der Waals surface area contributed by atoms with E-state index in [4.69, 9.17) is 4.74 Å². The van der Waals surface area contributed by atoms with Crippen LogP contribution in [0.3, 0.4) is 0 Å². The maximum absolute atomic E-state index is 13.0. The van der Waals surface area contributed by atoms with Crippen molar-refractivity contribution in [1.29, 1.82) is 0 Å². The highest BCUT2D eigenvalue weighted by molar-refractivity contribution is 5.94. The van der Waals surface area contributed by atoms with Gasteiger partial charge in [-0.25, -0.2) is 9.97 Å². The van der Waals surface area contributed by atoms with Crippen LogP contribution in [0.1, 0.15) is 29.0 Å². The predicted octanol–water partition coefficient (Wildman–Crippen LogP) is 2.56. The third-order valence-electron chi connectivity index (χ3n) is 5.94. The van der Waals surface area contributed by atoms with Gasteiger partial charge in [0.05, 0.1) is 13.2 Å². The normalized spacial score (nSPS) is 16.2. The maximum Gasteiger partial charge on any atom is 0.267 e. The summed E-state index contributed by atoms with van der Waals surface area (Å²) in [4.78, 5) is 28.5. The highest BCUT2D eigenvalue weighted by Gasteiger charge is 2.25. The lowest BCUT2D eigenvalue weighted by molar-refractivity contribution is 0.0944. The van der Waals surface area contributed by atoms with Crippen molar-refractivity contribution in [2.45, 2.75) is 25.8 Å². The predicted molar refractivity (Wildman–Crippen MR) is 121 cm³/mol. The fourth-order valence-corrected chi connectivity index (χ4v) is 3.93. The molecule has 0 bridgehead atoms. The van der Waals surface area contributed by atoms with Gasteiger partial charge >= 0.3 is 0 Å². The monoisotopic (exact) mass is 432 g/mol. The van der Waals surface area contributed by atoms with Crippen LogP contribution >= 0.6 is 0 Å². The molecule has 8 nitrogen and oxygen atoms in total. The topological polar surface area (TPSA) is 85.2 Å². The summed E-state index contributed by atoms with van der Waals surface area (Å²) in [6.45, 7) is 4.44. The van der Waals surface area contributed by atoms with Crippen LogP contribution in [-0.2, 0) is 17.7 Å². The number of nitrogens with zero attached hydrogens (tertiary/aromatic N) is 5. The smallest absolute Gasteiger partial charge is 0.267 e. The molecule has 5 rings (SSSR count). The highest BCUT2D eigenvalue weighted by atomic mass is 16.5. The van der Waals surface area contributed by atoms with E-state index in [0.29, 0.717) is 37.8 Å². The van der Waals surface area contributed by atoms with Crippen LogP contribution < -0.4 is 10.2 Å². The molecule has 32 heavy (non-hydrogen) atoms. The van der Waals surface area contributed by atoms with Crippen LogP contribution in [0.4, 0.5) is 5.95 Å². The third-order valence-corrected chi connectivity index (χ3v) is 5.94. The Hall–Kier alpha value is -3.26. The highest BCUT2D eigenvalue weighted by Crippen LogP contribution is 2.32. The van der Waals surface area contributed by atoms with E-state index in [1.165, 1.54) is 12.8 Å². The summed E-state index contributed by atoms with van der Waals surface area (Å²) in [6.07, 6.45) is 10.7. The number of aromatic nitrogens is 4. The maximum atomic E-state index is 13.0. The number of anilines is 1. The molecule has 0 radical (unpaired) electrons. The van der Waals surface area contributed by atoms with Gasteiger partial charge in [-0.1, -0.05) is 6.07 Å². The number of morpholine rings is 1. The van der Waals surface area contributed by atoms with Gasteiger partial charge in [-0.05, 0) is 37.0 Å². The second-order valence-corrected chi connectivity index (χ2v) is 8.41. The van der Waals surface area contributed by atoms with E-state index >= 15 is 0 Å². The van der Waals surface area contributed by atoms with Crippen molar-refractivity contribution in [3.63, 3.8) is 0 Å². The molecular weight excluding hydrogens is 404 g/mol. The Balaban J connectivity index is 1.29. The molecule has 0 aromatic carbocycles. The summed E-state index contributed by atoms with van der Waals surface area (Å²) in [6, 6.07) is 7.78. The van der Waals surface area contributed by atoms with E-state index in [2.05, 4.69) is 35.9 Å². The summed E-state index contributed by atoms with van der Waals surface area (Å²) >= 11 is 0. The molecule has 1 amide bonds. The van der Waals surface area contributed by atoms with Gasteiger partial charge in [0.1, 0.15) is 5.69 Å². The second kappa shape index (κ2) is 9.48. The number of hydrogen-bond donors (Lipinski definition) is 1. The molecule has 8 heteroatoms. The van der Waals surface area contributed by atoms with Crippen molar-refractivity contribution in [3.8, 4) is 11.1 Å². The first-order valence-electron chi connectivity index (χ1n) is 11.3. The molecule has 4 heterocycles. The van der Waals surface area contributed by atoms with Crippen molar-refractivity contribution in [1.82, 2.24) is 24.8 Å². The van der Waals surface area contributed by atoms with E-state index < -0.39 is 0 Å². The lowest BCUT2D eigenvalue weighted by Crippen LogP contribution is -2.37. The number of carbonyl (C=O) groups is 1. The number of pyridine rings is 1. The average molecular weight is 433 g/mol. The minimum Gasteiger partial charge on any atom is -0.378 e. The van der Waals surface area contributed by atoms with E-state index in [1.54, 1.807) is 6.20 Å². The summed E-state index contributed by atoms with van der Waals surface area (Å²) in [7, 11) is 0. The molecular formula is C24H28N6O2. The summed E-state index contributed by atoms with van der Waals surface area (Å²) < 4.78 is 7.48. The van der Waals surface area contributed by atoms with Gasteiger partial charge in [0.25, 0.3) is 5.91 Å². The fraction of sp³-hybridized carbons (Fsp3) is 0.417. The molecule has 1 N–H and O–H groups in total. The van der Waals surface area contributed by atoms with Gasteiger partial charge in [0, 0.05) is 74.2 Å². The van der Waals surface area contributed by atoms with E-state index in [9.17, 15) is 4.79 Å². The van der Waals surface area contributed by atoms with Crippen molar-refractivity contribution in [2.75, 3.05) is 37.7 Å². The molecule has 1 aliphatic heterocycles. The molecule has 0 unspecified atom stereocenters. The summed E-state index contributed by atoms with van der Waals surface area (Å²) in [5.74, 6) is 1.33. The average Bonchev–Trinajstić information content (AvgIpc) is 3.56. The number of nitrogens with one attached hydrogen (secondary N) is 1. The van der Waals surface area contributed by atoms with Crippen LogP contribution in [0, 0.1) is 5.92 Å². The zero-order valence-corrected chi connectivity index (χ0v) is 18.1. The Morgan fingerprint density at radius 1 is 1.09 bits per heavy atom. The number of amides is 1. The first-order chi connectivity index (χ1) is 15.8. The number of rotatable bonds is 8. The molecule has 2 aliphatic rings. The molecule has 0 atom stereocenters. The van der Waals surface area contributed by atoms with Crippen molar-refractivity contribution in [2.24, 2.45) is 5.92 Å². The van der Waals surface area contributed by atoms with Gasteiger partial charge < -0.3 is 19.5 Å². The second-order valence-electron chi connectivity index (χ2n) is 8.41. The SMILES string of the molecule is O=C(NCCc1ccccn1)c1cc(-c2cnc(N3CCOCC3)nc2)cn1CC1CC1. The van der Waals surface area contributed by atoms with Gasteiger partial charge in [-0.3, -0.25) is 9.78 Å². The van der Waals surface area contributed by atoms with Gasteiger partial charge in [0.15, 0.2) is 0 Å². The largest absolute Gasteiger partial charge is 0.378 e. The first kappa shape index (κ1) is 20.6. The van der Waals surface area contributed by atoms with Crippen LogP contribution in [0.2, 0.25) is 0 Å². The van der Waals surface area contributed by atoms with Crippen LogP contribution in [0.25, 0.3) is 11.1 Å². The fourth-order valence-electron chi connectivity index (χ4n) is 3.93. The third kappa shape index (κ3) is 4.96. The lowest BCUT2D eigenvalue weighted by Gasteiger charge is -2.26. The number of hydrogen-bond acceptors (Lipinski definition) is 6. The van der Waals surface area contributed by atoms with E-state index in [0.717, 1.165) is 42.4 Å². The standard InChI is InChI=1S/C24H28N6O2/c31-23(26-8-6-21-3-1-2-7-25-21)22-13-19(17-30(22)16-18-4-5-18)20-14-27-24(28-15-20)29-9-11-32-12-10-29/h1-3,7,13-15,17-18H,4-6,8-12,16H2,(H,26,31). The molecule has 166 valence electrons. The molecule has 1 saturated heterocycles. The molecule has 2 fully saturated rings. The minimum absolute atomic E-state index is 0.0568. The first-order valence-corrected chi connectivity index (χ1v) is 11.3. The van der Waals surface area contributed by atoms with Crippen LogP contribution in [0.5, 0.6) is 0 Å². The Morgan fingerprint density at radius 3 is 2.62 bits per heavy atom. The molecule has 1 aliphatic carbocycles. The zero-order valence-electron chi connectivity index (χ0n) is 18.1. The lowest BCUT2D eigenvalue weighted by atomic mass is 10.2. The van der Waals surface area contributed by atoms with Crippen LogP contribution in [-0.4, -0.2) is 58.3 Å². The summed E-state index contributed by atoms with van der Waals surface area (Å²) in [5, 5.41) is 3.05. The van der Waals surface area contributed by atoms with Crippen LogP contribution in [0.15, 0.2) is 49.1 Å². The number of ether oxygens (including phenoxy) is 1. The van der Waals surface area contributed by atoms with Crippen molar-refractivity contribution >= 4 is 11.9 Å². The molecule has 1 saturated carbocycles.